The minimum Gasteiger partial charge on any atom is -0.493 e. The topological polar surface area (TPSA) is 85.1 Å². The van der Waals surface area contributed by atoms with E-state index < -0.39 is 18.5 Å². The van der Waals surface area contributed by atoms with Crippen LogP contribution in [-0.2, 0) is 6.61 Å². The molecule has 0 spiro atoms. The van der Waals surface area contributed by atoms with Crippen LogP contribution >= 0.6 is 0 Å². The largest absolute Gasteiger partial charge is 0.573 e. The second kappa shape index (κ2) is 8.17. The molecule has 0 bridgehead atoms. The molecule has 0 unspecified atom stereocenters. The van der Waals surface area contributed by atoms with Crippen LogP contribution in [0.3, 0.4) is 0 Å². The van der Waals surface area contributed by atoms with Crippen LogP contribution in [0.2, 0.25) is 0 Å². The maximum Gasteiger partial charge on any atom is 0.573 e. The van der Waals surface area contributed by atoms with E-state index >= 15 is 0 Å². The van der Waals surface area contributed by atoms with Crippen molar-refractivity contribution in [1.82, 2.24) is 9.38 Å². The molecule has 0 saturated carbocycles. The van der Waals surface area contributed by atoms with Gasteiger partial charge in [0.1, 0.15) is 11.6 Å². The average Bonchev–Trinajstić information content (AvgIpc) is 2.62. The molecule has 3 rings (SSSR count). The van der Waals surface area contributed by atoms with Crippen molar-refractivity contribution in [1.29, 1.82) is 0 Å². The highest BCUT2D eigenvalue weighted by molar-refractivity contribution is 5.65. The van der Waals surface area contributed by atoms with Crippen molar-refractivity contribution >= 4 is 17.2 Å². The summed E-state index contributed by atoms with van der Waals surface area (Å²) in [5.74, 6) is 0.0243. The molecule has 150 valence electrons. The minimum absolute atomic E-state index is 0. The summed E-state index contributed by atoms with van der Waals surface area (Å²) in [7, 11) is 1.42. The van der Waals surface area contributed by atoms with Crippen LogP contribution in [0.25, 0.3) is 5.65 Å². The molecule has 0 saturated heterocycles. The summed E-state index contributed by atoms with van der Waals surface area (Å²) in [6.07, 6.45) is -3.30. The number of ether oxygens (including phenoxy) is 2. The van der Waals surface area contributed by atoms with Gasteiger partial charge in [0.2, 0.25) is 0 Å². The zero-order chi connectivity index (χ0) is 19.6. The Labute approximate surface area is 158 Å². The first kappa shape index (κ1) is 21.0. The van der Waals surface area contributed by atoms with Crippen LogP contribution in [0.1, 0.15) is 13.0 Å². The number of hydrogen-bond acceptors (Lipinski definition) is 6. The summed E-state index contributed by atoms with van der Waals surface area (Å²) in [5.41, 5.74) is 0.0735. The highest BCUT2D eigenvalue weighted by Gasteiger charge is 2.31. The van der Waals surface area contributed by atoms with Gasteiger partial charge in [-0.15, -0.1) is 13.2 Å². The fourth-order valence-corrected chi connectivity index (χ4v) is 2.46. The summed E-state index contributed by atoms with van der Waals surface area (Å²) >= 11 is 0. The second-order valence-corrected chi connectivity index (χ2v) is 5.37. The molecule has 0 atom stereocenters. The SMILES string of the molecule is C.COc1cccn2c(=O)c(CO)c(Nc3ccc(OC(F)(F)F)cc3)nc12. The minimum atomic E-state index is -4.79. The van der Waals surface area contributed by atoms with Gasteiger partial charge in [0.25, 0.3) is 5.56 Å². The Bertz CT molecular complexity index is 1020. The maximum absolute atomic E-state index is 12.6. The second-order valence-electron chi connectivity index (χ2n) is 5.37. The Kier molecular flexibility index (Phi) is 6.14. The molecule has 0 aliphatic carbocycles. The molecule has 0 amide bonds. The first-order valence-electron chi connectivity index (χ1n) is 7.64. The fourth-order valence-electron chi connectivity index (χ4n) is 2.46. The van der Waals surface area contributed by atoms with Gasteiger partial charge in [0.15, 0.2) is 11.4 Å². The lowest BCUT2D eigenvalue weighted by atomic mass is 10.2. The molecule has 10 heteroatoms. The quantitative estimate of drug-likeness (QED) is 0.686. The van der Waals surface area contributed by atoms with Gasteiger partial charge >= 0.3 is 6.36 Å². The smallest absolute Gasteiger partial charge is 0.493 e. The van der Waals surface area contributed by atoms with Crippen LogP contribution in [0.4, 0.5) is 24.7 Å². The van der Waals surface area contributed by atoms with Crippen LogP contribution in [0.15, 0.2) is 47.4 Å². The molecule has 3 aromatic rings. The van der Waals surface area contributed by atoms with Gasteiger partial charge < -0.3 is 19.9 Å². The number of halogens is 3. The Morgan fingerprint density at radius 3 is 2.46 bits per heavy atom. The van der Waals surface area contributed by atoms with Crippen LogP contribution in [0.5, 0.6) is 11.5 Å². The molecule has 0 aliphatic heterocycles. The third kappa shape index (κ3) is 4.34. The van der Waals surface area contributed by atoms with Crippen LogP contribution < -0.4 is 20.3 Å². The molecule has 0 fully saturated rings. The first-order chi connectivity index (χ1) is 12.8. The first-order valence-corrected chi connectivity index (χ1v) is 7.64. The van der Waals surface area contributed by atoms with Crippen molar-refractivity contribution in [2.75, 3.05) is 12.4 Å². The lowest BCUT2D eigenvalue weighted by molar-refractivity contribution is -0.274. The van der Waals surface area contributed by atoms with Gasteiger partial charge in [0.05, 0.1) is 19.3 Å². The number of pyridine rings is 1. The lowest BCUT2D eigenvalue weighted by Gasteiger charge is -2.13. The highest BCUT2D eigenvalue weighted by atomic mass is 19.4. The molecule has 7 nitrogen and oxygen atoms in total. The van der Waals surface area contributed by atoms with Crippen molar-refractivity contribution in [2.24, 2.45) is 0 Å². The number of aliphatic hydroxyl groups excluding tert-OH is 1. The number of nitrogens with one attached hydrogen (secondary N) is 1. The molecular weight excluding hydrogens is 379 g/mol. The molecule has 2 heterocycles. The molecule has 2 aromatic heterocycles. The Morgan fingerprint density at radius 2 is 1.89 bits per heavy atom. The van der Waals surface area contributed by atoms with Crippen molar-refractivity contribution in [2.45, 2.75) is 20.4 Å². The summed E-state index contributed by atoms with van der Waals surface area (Å²) < 4.78 is 46.9. The Morgan fingerprint density at radius 1 is 1.21 bits per heavy atom. The van der Waals surface area contributed by atoms with Crippen molar-refractivity contribution < 1.29 is 27.8 Å². The number of benzene rings is 1. The standard InChI is InChI=1S/C17H14F3N3O4.CH4/c1-26-13-3-2-8-23-15(13)22-14(12(9-24)16(23)25)21-10-4-6-11(7-5-10)27-17(18,19)20;/h2-8,21,24H,9H2,1H3;1H4. The van der Waals surface area contributed by atoms with Gasteiger partial charge in [0, 0.05) is 11.9 Å². The number of nitrogens with zero attached hydrogens (tertiary/aromatic N) is 2. The Hall–Kier alpha value is -3.27. The van der Waals surface area contributed by atoms with Crippen molar-refractivity contribution in [3.05, 3.63) is 58.5 Å². The van der Waals surface area contributed by atoms with Gasteiger partial charge in [-0.1, -0.05) is 7.43 Å². The number of methoxy groups -OCH3 is 1. The third-order valence-corrected chi connectivity index (χ3v) is 3.64. The zero-order valence-corrected chi connectivity index (χ0v) is 13.9. The highest BCUT2D eigenvalue weighted by Crippen LogP contribution is 2.26. The number of anilines is 2. The number of hydrogen-bond donors (Lipinski definition) is 2. The predicted molar refractivity (Wildman–Crippen MR) is 97.1 cm³/mol. The van der Waals surface area contributed by atoms with Crippen LogP contribution in [0, 0.1) is 0 Å². The van der Waals surface area contributed by atoms with E-state index in [2.05, 4.69) is 15.0 Å². The molecule has 2 N–H and O–H groups in total. The average molecular weight is 397 g/mol. The van der Waals surface area contributed by atoms with E-state index in [-0.39, 0.29) is 30.2 Å². The third-order valence-electron chi connectivity index (χ3n) is 3.64. The zero-order valence-electron chi connectivity index (χ0n) is 13.9. The molecule has 28 heavy (non-hydrogen) atoms. The van der Waals surface area contributed by atoms with Gasteiger partial charge in [-0.05, 0) is 36.4 Å². The fraction of sp³-hybridized carbons (Fsp3) is 0.222. The number of rotatable bonds is 5. The van der Waals surface area contributed by atoms with Crippen molar-refractivity contribution in [3.63, 3.8) is 0 Å². The summed E-state index contributed by atoms with van der Waals surface area (Å²) in [4.78, 5) is 16.9. The Balaban J connectivity index is 0.00000280. The molecular formula is C18H18F3N3O4. The number of aliphatic hydroxyl groups is 1. The monoisotopic (exact) mass is 397 g/mol. The van der Waals surface area contributed by atoms with E-state index in [0.29, 0.717) is 11.4 Å². The molecule has 0 radical (unpaired) electrons. The molecule has 1 aromatic carbocycles. The number of alkyl halides is 3. The van der Waals surface area contributed by atoms with Gasteiger partial charge in [-0.25, -0.2) is 4.98 Å². The van der Waals surface area contributed by atoms with E-state index in [1.165, 1.54) is 29.8 Å². The normalized spacial score (nSPS) is 11.0. The number of fused-ring (bicyclic) bond motifs is 1. The van der Waals surface area contributed by atoms with Crippen LogP contribution in [-0.4, -0.2) is 28.0 Å². The van der Waals surface area contributed by atoms with E-state index in [1.807, 2.05) is 0 Å². The lowest BCUT2D eigenvalue weighted by Crippen LogP contribution is -2.22. The van der Waals surface area contributed by atoms with E-state index in [1.54, 1.807) is 12.1 Å². The van der Waals surface area contributed by atoms with Gasteiger partial charge in [-0.3, -0.25) is 9.20 Å². The summed E-state index contributed by atoms with van der Waals surface area (Å²) in [6, 6.07) is 8.10. The summed E-state index contributed by atoms with van der Waals surface area (Å²) in [5, 5.41) is 12.4. The van der Waals surface area contributed by atoms with E-state index in [4.69, 9.17) is 4.74 Å². The summed E-state index contributed by atoms with van der Waals surface area (Å²) in [6.45, 7) is -0.580. The van der Waals surface area contributed by atoms with E-state index in [9.17, 15) is 23.1 Å². The van der Waals surface area contributed by atoms with Gasteiger partial charge in [-0.2, -0.15) is 0 Å². The van der Waals surface area contributed by atoms with Crippen molar-refractivity contribution in [3.8, 4) is 11.5 Å². The predicted octanol–water partition coefficient (Wildman–Crippen LogP) is 3.47. The molecule has 0 aliphatic rings. The van der Waals surface area contributed by atoms with E-state index in [0.717, 1.165) is 12.1 Å². The maximum atomic E-state index is 12.6. The number of aromatic nitrogens is 2.